The first-order chi connectivity index (χ1) is 17.9. The molecule has 9 heteroatoms. The van der Waals surface area contributed by atoms with E-state index in [1.165, 1.54) is 17.9 Å². The molecule has 0 bridgehead atoms. The van der Waals surface area contributed by atoms with Gasteiger partial charge in [-0.3, -0.25) is 9.59 Å². The van der Waals surface area contributed by atoms with E-state index in [-0.39, 0.29) is 24.5 Å². The van der Waals surface area contributed by atoms with Gasteiger partial charge in [-0.1, -0.05) is 19.1 Å². The molecule has 4 rings (SSSR count). The van der Waals surface area contributed by atoms with Crippen molar-refractivity contribution in [1.82, 2.24) is 5.01 Å². The number of rotatable bonds is 8. The lowest BCUT2D eigenvalue weighted by atomic mass is 9.89. The highest BCUT2D eigenvalue weighted by atomic mass is 16.5. The van der Waals surface area contributed by atoms with Gasteiger partial charge in [0.15, 0.2) is 11.5 Å². The number of esters is 1. The van der Waals surface area contributed by atoms with Crippen molar-refractivity contribution in [2.75, 3.05) is 19.5 Å². The molecule has 2 aromatic carbocycles. The quantitative estimate of drug-likeness (QED) is 0.422. The van der Waals surface area contributed by atoms with Crippen LogP contribution in [0.2, 0.25) is 0 Å². The minimum absolute atomic E-state index is 0.0119. The van der Waals surface area contributed by atoms with Crippen LogP contribution < -0.4 is 14.8 Å². The summed E-state index contributed by atoms with van der Waals surface area (Å²) in [6.45, 7) is 2.28. The lowest BCUT2D eigenvalue weighted by Crippen LogP contribution is -2.36. The monoisotopic (exact) mass is 507 g/mol. The molecule has 37 heavy (non-hydrogen) atoms. The molecule has 2 aromatic rings. The first-order valence-electron chi connectivity index (χ1n) is 12.6. The van der Waals surface area contributed by atoms with E-state index in [0.29, 0.717) is 23.6 Å². The SMILES string of the molecule is CCC1CC(=O)N(Cc2cccc(NC(=O)C(=O)OC)c2)N=C1c1ccc(OC)c(OC2CCCC2)c1. The third-order valence-electron chi connectivity index (χ3n) is 6.76. The molecule has 196 valence electrons. The topological polar surface area (TPSA) is 107 Å². The summed E-state index contributed by atoms with van der Waals surface area (Å²) in [5.74, 6) is -0.555. The number of nitrogens with one attached hydrogen (secondary N) is 1. The van der Waals surface area contributed by atoms with Gasteiger partial charge in [0.05, 0.1) is 32.6 Å². The van der Waals surface area contributed by atoms with E-state index in [1.54, 1.807) is 25.3 Å². The van der Waals surface area contributed by atoms with Gasteiger partial charge in [-0.25, -0.2) is 9.80 Å². The minimum Gasteiger partial charge on any atom is -0.493 e. The Kier molecular flexibility index (Phi) is 8.43. The van der Waals surface area contributed by atoms with Gasteiger partial charge in [0.2, 0.25) is 5.91 Å². The van der Waals surface area contributed by atoms with E-state index in [1.807, 2.05) is 24.3 Å². The third-order valence-corrected chi connectivity index (χ3v) is 6.76. The Bertz CT molecular complexity index is 1190. The Morgan fingerprint density at radius 1 is 1.08 bits per heavy atom. The molecule has 1 aliphatic carbocycles. The second-order valence-corrected chi connectivity index (χ2v) is 9.28. The van der Waals surface area contributed by atoms with Crippen molar-refractivity contribution in [1.29, 1.82) is 0 Å². The van der Waals surface area contributed by atoms with Crippen LogP contribution in [0, 0.1) is 5.92 Å². The third kappa shape index (κ3) is 6.28. The van der Waals surface area contributed by atoms with Crippen molar-refractivity contribution >= 4 is 29.2 Å². The average Bonchev–Trinajstić information content (AvgIpc) is 3.42. The van der Waals surface area contributed by atoms with Gasteiger partial charge in [0, 0.05) is 23.6 Å². The number of ether oxygens (including phenoxy) is 3. The van der Waals surface area contributed by atoms with Gasteiger partial charge in [-0.05, 0) is 68.0 Å². The molecule has 0 saturated heterocycles. The molecule has 1 aliphatic heterocycles. The second kappa shape index (κ2) is 11.9. The fourth-order valence-corrected chi connectivity index (χ4v) is 4.74. The molecule has 0 spiro atoms. The van der Waals surface area contributed by atoms with Crippen LogP contribution >= 0.6 is 0 Å². The summed E-state index contributed by atoms with van der Waals surface area (Å²) < 4.78 is 16.3. The summed E-state index contributed by atoms with van der Waals surface area (Å²) in [5.41, 5.74) is 2.92. The summed E-state index contributed by atoms with van der Waals surface area (Å²) in [4.78, 5) is 36.3. The van der Waals surface area contributed by atoms with E-state index in [9.17, 15) is 14.4 Å². The Balaban J connectivity index is 1.58. The Morgan fingerprint density at radius 2 is 1.86 bits per heavy atom. The van der Waals surface area contributed by atoms with Gasteiger partial charge in [-0.2, -0.15) is 5.10 Å². The van der Waals surface area contributed by atoms with Gasteiger partial charge in [0.25, 0.3) is 0 Å². The molecule has 1 fully saturated rings. The molecule has 1 unspecified atom stereocenters. The molecule has 1 N–H and O–H groups in total. The summed E-state index contributed by atoms with van der Waals surface area (Å²) in [6, 6.07) is 12.8. The van der Waals surface area contributed by atoms with E-state index in [2.05, 4.69) is 17.0 Å². The highest BCUT2D eigenvalue weighted by molar-refractivity contribution is 6.37. The van der Waals surface area contributed by atoms with E-state index in [4.69, 9.17) is 14.6 Å². The number of nitrogens with zero attached hydrogens (tertiary/aromatic N) is 2. The fraction of sp³-hybridized carbons (Fsp3) is 0.429. The zero-order chi connectivity index (χ0) is 26.4. The van der Waals surface area contributed by atoms with Crippen LogP contribution in [0.3, 0.4) is 0 Å². The van der Waals surface area contributed by atoms with Crippen LogP contribution in [0.15, 0.2) is 47.6 Å². The van der Waals surface area contributed by atoms with Gasteiger partial charge >= 0.3 is 11.9 Å². The zero-order valence-corrected chi connectivity index (χ0v) is 21.5. The van der Waals surface area contributed by atoms with E-state index >= 15 is 0 Å². The number of hydrogen-bond donors (Lipinski definition) is 1. The first-order valence-corrected chi connectivity index (χ1v) is 12.6. The van der Waals surface area contributed by atoms with Crippen molar-refractivity contribution in [3.05, 3.63) is 53.6 Å². The van der Waals surface area contributed by atoms with Crippen molar-refractivity contribution in [3.8, 4) is 11.5 Å². The molecule has 1 saturated carbocycles. The standard InChI is InChI=1S/C28H33N3O6/c1-4-19-16-25(32)31(17-18-8-7-9-21(14-18)29-27(33)28(34)36-3)30-26(19)20-12-13-23(35-2)24(15-20)37-22-10-5-6-11-22/h7-9,12-15,19,22H,4-6,10-11,16-17H2,1-3H3,(H,29,33). The van der Waals surface area contributed by atoms with Crippen LogP contribution in [0.1, 0.15) is 56.6 Å². The highest BCUT2D eigenvalue weighted by Gasteiger charge is 2.30. The molecular formula is C28H33N3O6. The molecule has 2 aliphatic rings. The van der Waals surface area contributed by atoms with Crippen LogP contribution in [0.4, 0.5) is 5.69 Å². The van der Waals surface area contributed by atoms with E-state index < -0.39 is 11.9 Å². The van der Waals surface area contributed by atoms with E-state index in [0.717, 1.165) is 43.2 Å². The Morgan fingerprint density at radius 3 is 2.57 bits per heavy atom. The largest absolute Gasteiger partial charge is 0.493 e. The molecule has 1 atom stereocenters. The maximum Gasteiger partial charge on any atom is 0.396 e. The average molecular weight is 508 g/mol. The second-order valence-electron chi connectivity index (χ2n) is 9.28. The maximum atomic E-state index is 13.0. The van der Waals surface area contributed by atoms with Crippen molar-refractivity contribution < 1.29 is 28.6 Å². The minimum atomic E-state index is -0.979. The number of benzene rings is 2. The Hall–Kier alpha value is -3.88. The summed E-state index contributed by atoms with van der Waals surface area (Å²) in [6.07, 6.45) is 5.71. The summed E-state index contributed by atoms with van der Waals surface area (Å²) in [5, 5.41) is 8.75. The van der Waals surface area contributed by atoms with Crippen molar-refractivity contribution in [2.45, 2.75) is 58.1 Å². The molecule has 2 amide bonds. The number of carbonyl (C=O) groups excluding carboxylic acids is 3. The zero-order valence-electron chi connectivity index (χ0n) is 21.5. The van der Waals surface area contributed by atoms with Crippen LogP contribution in [-0.2, 0) is 25.7 Å². The molecule has 9 nitrogen and oxygen atoms in total. The number of amides is 2. The lowest BCUT2D eigenvalue weighted by molar-refractivity contribution is -0.150. The Labute approximate surface area is 216 Å². The van der Waals surface area contributed by atoms with Crippen LogP contribution in [0.5, 0.6) is 11.5 Å². The lowest BCUT2D eigenvalue weighted by Gasteiger charge is -2.29. The number of anilines is 1. The van der Waals surface area contributed by atoms with Gasteiger partial charge < -0.3 is 19.5 Å². The highest BCUT2D eigenvalue weighted by Crippen LogP contribution is 2.34. The number of hydrogen-bond acceptors (Lipinski definition) is 7. The molecule has 0 radical (unpaired) electrons. The smallest absolute Gasteiger partial charge is 0.396 e. The normalized spacial score (nSPS) is 17.8. The van der Waals surface area contributed by atoms with Crippen LogP contribution in [0.25, 0.3) is 0 Å². The number of hydrazone groups is 1. The predicted molar refractivity (Wildman–Crippen MR) is 138 cm³/mol. The molecule has 1 heterocycles. The summed E-state index contributed by atoms with van der Waals surface area (Å²) in [7, 11) is 2.78. The molecular weight excluding hydrogens is 474 g/mol. The number of carbonyl (C=O) groups is 3. The van der Waals surface area contributed by atoms with Crippen LogP contribution in [-0.4, -0.2) is 48.8 Å². The fourth-order valence-electron chi connectivity index (χ4n) is 4.74. The van der Waals surface area contributed by atoms with Crippen molar-refractivity contribution in [3.63, 3.8) is 0 Å². The summed E-state index contributed by atoms with van der Waals surface area (Å²) >= 11 is 0. The van der Waals surface area contributed by atoms with Gasteiger partial charge in [0.1, 0.15) is 0 Å². The first kappa shape index (κ1) is 26.2. The maximum absolute atomic E-state index is 13.0. The number of methoxy groups -OCH3 is 2. The predicted octanol–water partition coefficient (Wildman–Crippen LogP) is 4.29. The molecule has 0 aromatic heterocycles. The van der Waals surface area contributed by atoms with Gasteiger partial charge in [-0.15, -0.1) is 0 Å². The van der Waals surface area contributed by atoms with Crippen molar-refractivity contribution in [2.24, 2.45) is 11.0 Å².